The van der Waals surface area contributed by atoms with Gasteiger partial charge in [-0.05, 0) is 12.8 Å². The second-order valence-electron chi connectivity index (χ2n) is 4.10. The second-order valence-corrected chi connectivity index (χ2v) is 7.53. The Kier molecular flexibility index (Phi) is 4.68. The zero-order valence-corrected chi connectivity index (χ0v) is 11.0. The van der Waals surface area contributed by atoms with E-state index in [1.54, 1.807) is 0 Å². The summed E-state index contributed by atoms with van der Waals surface area (Å²) in [4.78, 5) is -1.95. The standard InChI is InChI=1S/C9H14BrF3O2S/c10-8(9(11,12)13)6-16(14,15)7-4-2-1-3-5-7/h7-8H,1-6H2. The molecule has 1 aliphatic rings. The van der Waals surface area contributed by atoms with Crippen LogP contribution in [0.1, 0.15) is 32.1 Å². The third-order valence-corrected chi connectivity index (χ3v) is 6.35. The fourth-order valence-corrected chi connectivity index (χ4v) is 4.88. The minimum atomic E-state index is -4.50. The lowest BCUT2D eigenvalue weighted by atomic mass is 10.0. The van der Waals surface area contributed by atoms with Crippen molar-refractivity contribution in [1.29, 1.82) is 0 Å². The van der Waals surface area contributed by atoms with E-state index in [0.29, 0.717) is 12.8 Å². The lowest BCUT2D eigenvalue weighted by molar-refractivity contribution is -0.123. The van der Waals surface area contributed by atoms with Gasteiger partial charge in [-0.25, -0.2) is 8.42 Å². The fraction of sp³-hybridized carbons (Fsp3) is 1.00. The number of rotatable bonds is 3. The van der Waals surface area contributed by atoms with E-state index in [9.17, 15) is 21.6 Å². The maximum absolute atomic E-state index is 12.2. The van der Waals surface area contributed by atoms with Gasteiger partial charge in [0.2, 0.25) is 0 Å². The van der Waals surface area contributed by atoms with Crippen LogP contribution in [0.3, 0.4) is 0 Å². The molecule has 0 amide bonds. The van der Waals surface area contributed by atoms with Crippen molar-refractivity contribution < 1.29 is 21.6 Å². The molecule has 0 spiro atoms. The highest BCUT2D eigenvalue weighted by Crippen LogP contribution is 2.31. The third-order valence-electron chi connectivity index (χ3n) is 2.79. The van der Waals surface area contributed by atoms with Crippen molar-refractivity contribution >= 4 is 25.8 Å². The van der Waals surface area contributed by atoms with Crippen LogP contribution in [0.15, 0.2) is 0 Å². The third kappa shape index (κ3) is 3.91. The fourth-order valence-electron chi connectivity index (χ4n) is 1.86. The number of halogens is 4. The van der Waals surface area contributed by atoms with Crippen LogP contribution in [0, 0.1) is 0 Å². The zero-order valence-electron chi connectivity index (χ0n) is 8.63. The Labute approximate surface area is 102 Å². The quantitative estimate of drug-likeness (QED) is 0.748. The lowest BCUT2D eigenvalue weighted by Gasteiger charge is -2.23. The van der Waals surface area contributed by atoms with Crippen molar-refractivity contribution in [3.05, 3.63) is 0 Å². The van der Waals surface area contributed by atoms with Gasteiger partial charge < -0.3 is 0 Å². The van der Waals surface area contributed by atoms with Gasteiger partial charge in [-0.15, -0.1) is 0 Å². The molecule has 0 aliphatic heterocycles. The van der Waals surface area contributed by atoms with E-state index in [1.807, 2.05) is 0 Å². The molecule has 0 bridgehead atoms. The maximum atomic E-state index is 12.2. The van der Waals surface area contributed by atoms with E-state index >= 15 is 0 Å². The molecule has 1 atom stereocenters. The molecule has 0 saturated heterocycles. The summed E-state index contributed by atoms with van der Waals surface area (Å²) in [7, 11) is -3.63. The van der Waals surface area contributed by atoms with Crippen LogP contribution in [-0.4, -0.2) is 30.4 Å². The molecule has 7 heteroatoms. The summed E-state index contributed by atoms with van der Waals surface area (Å²) in [5.74, 6) is -0.846. The topological polar surface area (TPSA) is 34.1 Å². The number of alkyl halides is 4. The molecular weight excluding hydrogens is 309 g/mol. The summed E-state index contributed by atoms with van der Waals surface area (Å²) in [5.41, 5.74) is 0. The predicted molar refractivity (Wildman–Crippen MR) is 59.4 cm³/mol. The molecule has 0 aromatic heterocycles. The molecule has 0 heterocycles. The van der Waals surface area contributed by atoms with Gasteiger partial charge in [0.15, 0.2) is 9.84 Å². The van der Waals surface area contributed by atoms with E-state index in [4.69, 9.17) is 0 Å². The van der Waals surface area contributed by atoms with Crippen molar-refractivity contribution in [3.63, 3.8) is 0 Å². The normalized spacial score (nSPS) is 22.0. The van der Waals surface area contributed by atoms with Crippen LogP contribution in [0.25, 0.3) is 0 Å². The SMILES string of the molecule is O=S(=O)(CC(Br)C(F)(F)F)C1CCCCC1. The van der Waals surface area contributed by atoms with Gasteiger partial charge in [0.1, 0.15) is 4.83 Å². The van der Waals surface area contributed by atoms with Crippen molar-refractivity contribution in [1.82, 2.24) is 0 Å². The molecule has 1 unspecified atom stereocenters. The van der Waals surface area contributed by atoms with Crippen molar-refractivity contribution in [2.45, 2.75) is 48.4 Å². The van der Waals surface area contributed by atoms with E-state index in [1.165, 1.54) is 0 Å². The van der Waals surface area contributed by atoms with Crippen molar-refractivity contribution in [2.75, 3.05) is 5.75 Å². The average Bonchev–Trinajstić information content (AvgIpc) is 2.17. The predicted octanol–water partition coefficient (Wildman–Crippen LogP) is 3.06. The minimum Gasteiger partial charge on any atom is -0.229 e. The van der Waals surface area contributed by atoms with Gasteiger partial charge in [0.05, 0.1) is 11.0 Å². The van der Waals surface area contributed by atoms with Gasteiger partial charge in [-0.3, -0.25) is 0 Å². The van der Waals surface area contributed by atoms with Gasteiger partial charge in [0.25, 0.3) is 0 Å². The first-order chi connectivity index (χ1) is 7.23. The van der Waals surface area contributed by atoms with Crippen molar-refractivity contribution in [2.24, 2.45) is 0 Å². The first-order valence-electron chi connectivity index (χ1n) is 5.16. The van der Waals surface area contributed by atoms with E-state index < -0.39 is 31.8 Å². The molecule has 0 aromatic carbocycles. The molecule has 0 aromatic rings. The Bertz CT molecular complexity index is 320. The minimum absolute atomic E-state index is 0.500. The molecule has 1 aliphatic carbocycles. The molecule has 96 valence electrons. The van der Waals surface area contributed by atoms with Crippen LogP contribution < -0.4 is 0 Å². The summed E-state index contributed by atoms with van der Waals surface area (Å²) in [6, 6.07) is 0. The number of hydrogen-bond donors (Lipinski definition) is 0. The molecule has 1 rings (SSSR count). The average molecular weight is 323 g/mol. The summed E-state index contributed by atoms with van der Waals surface area (Å²) in [6.45, 7) is 0. The van der Waals surface area contributed by atoms with Crippen LogP contribution in [0.4, 0.5) is 13.2 Å². The summed E-state index contributed by atoms with van der Waals surface area (Å²) in [6.07, 6.45) is -0.934. The van der Waals surface area contributed by atoms with Gasteiger partial charge >= 0.3 is 6.18 Å². The Morgan fingerprint density at radius 2 is 1.69 bits per heavy atom. The first kappa shape index (κ1) is 14.3. The van der Waals surface area contributed by atoms with E-state index in [0.717, 1.165) is 19.3 Å². The van der Waals surface area contributed by atoms with E-state index in [-0.39, 0.29) is 0 Å². The molecule has 0 radical (unpaired) electrons. The monoisotopic (exact) mass is 322 g/mol. The van der Waals surface area contributed by atoms with Crippen molar-refractivity contribution in [3.8, 4) is 0 Å². The summed E-state index contributed by atoms with van der Waals surface area (Å²) < 4.78 is 60.1. The molecule has 16 heavy (non-hydrogen) atoms. The maximum Gasteiger partial charge on any atom is 0.402 e. The molecule has 0 N–H and O–H groups in total. The van der Waals surface area contributed by atoms with Crippen LogP contribution in [0.5, 0.6) is 0 Å². The molecule has 2 nitrogen and oxygen atoms in total. The number of sulfone groups is 1. The Morgan fingerprint density at radius 3 is 2.12 bits per heavy atom. The van der Waals surface area contributed by atoms with Gasteiger partial charge in [-0.1, -0.05) is 35.2 Å². The van der Waals surface area contributed by atoms with Gasteiger partial charge in [0, 0.05) is 0 Å². The summed E-state index contributed by atoms with van der Waals surface area (Å²) in [5, 5.41) is -0.580. The van der Waals surface area contributed by atoms with Crippen LogP contribution >= 0.6 is 15.9 Å². The first-order valence-corrected chi connectivity index (χ1v) is 7.79. The zero-order chi connectivity index (χ0) is 12.4. The lowest BCUT2D eigenvalue weighted by Crippen LogP contribution is -2.35. The Morgan fingerprint density at radius 1 is 1.19 bits per heavy atom. The molecule has 1 fully saturated rings. The van der Waals surface area contributed by atoms with E-state index in [2.05, 4.69) is 15.9 Å². The highest BCUT2D eigenvalue weighted by atomic mass is 79.9. The highest BCUT2D eigenvalue weighted by Gasteiger charge is 2.42. The smallest absolute Gasteiger partial charge is 0.229 e. The largest absolute Gasteiger partial charge is 0.402 e. The molecular formula is C9H14BrF3O2S. The van der Waals surface area contributed by atoms with Crippen LogP contribution in [-0.2, 0) is 9.84 Å². The van der Waals surface area contributed by atoms with Crippen LogP contribution in [0.2, 0.25) is 0 Å². The molecule has 1 saturated carbocycles. The summed E-state index contributed by atoms with van der Waals surface area (Å²) >= 11 is 2.40. The Balaban J connectivity index is 2.64. The Hall–Kier alpha value is 0.220. The van der Waals surface area contributed by atoms with Gasteiger partial charge in [-0.2, -0.15) is 13.2 Å². The second kappa shape index (κ2) is 5.25. The number of hydrogen-bond acceptors (Lipinski definition) is 2. The highest BCUT2D eigenvalue weighted by molar-refractivity contribution is 9.09.